The zero-order chi connectivity index (χ0) is 14.0. The second-order valence-electron chi connectivity index (χ2n) is 5.01. The van der Waals surface area contributed by atoms with Crippen molar-refractivity contribution in [2.45, 2.75) is 33.2 Å². The third kappa shape index (κ3) is 3.07. The molecule has 0 amide bonds. The van der Waals surface area contributed by atoms with Gasteiger partial charge in [-0.1, -0.05) is 48.3 Å². The third-order valence-electron chi connectivity index (χ3n) is 3.59. The molecule has 0 aliphatic carbocycles. The Bertz CT molecular complexity index is 545. The van der Waals surface area contributed by atoms with Gasteiger partial charge >= 0.3 is 0 Å². The van der Waals surface area contributed by atoms with Crippen LogP contribution < -0.4 is 5.73 Å². The van der Waals surface area contributed by atoms with Gasteiger partial charge in [0.2, 0.25) is 0 Å². The highest BCUT2D eigenvalue weighted by Crippen LogP contribution is 2.27. The first-order valence-electron chi connectivity index (χ1n) is 6.61. The van der Waals surface area contributed by atoms with E-state index in [2.05, 4.69) is 51.9 Å². The summed E-state index contributed by atoms with van der Waals surface area (Å²) in [6, 6.07) is 8.14. The van der Waals surface area contributed by atoms with Crippen LogP contribution in [0.5, 0.6) is 0 Å². The Morgan fingerprint density at radius 2 is 1.95 bits per heavy atom. The van der Waals surface area contributed by atoms with E-state index in [0.29, 0.717) is 5.92 Å². The summed E-state index contributed by atoms with van der Waals surface area (Å²) in [7, 11) is 0. The van der Waals surface area contributed by atoms with Crippen LogP contribution in [-0.2, 0) is 0 Å². The average molecular weight is 322 g/mol. The summed E-state index contributed by atoms with van der Waals surface area (Å²) in [6.45, 7) is 6.34. The standard InChI is InChI=1S/C15H20BrN3/c1-4-9(2)13(17)15-18-10(3)14(19-15)11-5-7-12(16)8-6-11/h5-9,13H,4,17H2,1-3H3,(H,18,19). The molecule has 2 aromatic rings. The maximum atomic E-state index is 6.23. The fourth-order valence-electron chi connectivity index (χ4n) is 2.05. The minimum atomic E-state index is -0.0344. The molecular formula is C15H20BrN3. The predicted molar refractivity (Wildman–Crippen MR) is 82.8 cm³/mol. The highest BCUT2D eigenvalue weighted by Gasteiger charge is 2.18. The molecule has 0 fully saturated rings. The van der Waals surface area contributed by atoms with Crippen LogP contribution in [0, 0.1) is 12.8 Å². The summed E-state index contributed by atoms with van der Waals surface area (Å²) < 4.78 is 1.07. The van der Waals surface area contributed by atoms with E-state index in [0.717, 1.165) is 33.7 Å². The molecule has 1 heterocycles. The average Bonchev–Trinajstić information content (AvgIpc) is 2.80. The summed E-state index contributed by atoms with van der Waals surface area (Å²) in [4.78, 5) is 8.01. The van der Waals surface area contributed by atoms with Crippen LogP contribution in [0.25, 0.3) is 11.3 Å². The number of aromatic amines is 1. The number of rotatable bonds is 4. The molecule has 2 rings (SSSR count). The number of halogens is 1. The summed E-state index contributed by atoms with van der Waals surface area (Å²) >= 11 is 3.45. The molecule has 0 aliphatic heterocycles. The van der Waals surface area contributed by atoms with Crippen molar-refractivity contribution in [3.05, 3.63) is 40.3 Å². The Hall–Kier alpha value is -1.13. The number of imidazole rings is 1. The molecule has 3 N–H and O–H groups in total. The summed E-state index contributed by atoms with van der Waals surface area (Å²) in [5, 5.41) is 0. The van der Waals surface area contributed by atoms with E-state index in [4.69, 9.17) is 5.73 Å². The van der Waals surface area contributed by atoms with Crippen molar-refractivity contribution in [1.82, 2.24) is 9.97 Å². The Balaban J connectivity index is 2.33. The topological polar surface area (TPSA) is 54.7 Å². The lowest BCUT2D eigenvalue weighted by Gasteiger charge is -2.15. The largest absolute Gasteiger partial charge is 0.344 e. The van der Waals surface area contributed by atoms with Gasteiger partial charge in [-0.3, -0.25) is 0 Å². The molecule has 2 unspecified atom stereocenters. The molecule has 0 aliphatic rings. The highest BCUT2D eigenvalue weighted by atomic mass is 79.9. The summed E-state index contributed by atoms with van der Waals surface area (Å²) in [5.74, 6) is 1.30. The number of nitrogens with two attached hydrogens (primary N) is 1. The van der Waals surface area contributed by atoms with Crippen molar-refractivity contribution in [2.75, 3.05) is 0 Å². The van der Waals surface area contributed by atoms with Crippen molar-refractivity contribution in [3.8, 4) is 11.3 Å². The van der Waals surface area contributed by atoms with E-state index in [-0.39, 0.29) is 6.04 Å². The summed E-state index contributed by atoms with van der Waals surface area (Å²) in [5.41, 5.74) is 9.40. The van der Waals surface area contributed by atoms with Crippen LogP contribution in [0.2, 0.25) is 0 Å². The Kier molecular flexibility index (Phi) is 4.42. The molecule has 1 aromatic heterocycles. The van der Waals surface area contributed by atoms with Gasteiger partial charge in [-0.15, -0.1) is 0 Å². The van der Waals surface area contributed by atoms with E-state index in [9.17, 15) is 0 Å². The molecule has 2 atom stereocenters. The van der Waals surface area contributed by atoms with Crippen LogP contribution >= 0.6 is 15.9 Å². The van der Waals surface area contributed by atoms with Crippen LogP contribution in [0.1, 0.15) is 37.8 Å². The molecule has 3 nitrogen and oxygen atoms in total. The first-order valence-corrected chi connectivity index (χ1v) is 7.40. The van der Waals surface area contributed by atoms with Crippen molar-refractivity contribution < 1.29 is 0 Å². The van der Waals surface area contributed by atoms with Gasteiger partial charge in [0.25, 0.3) is 0 Å². The van der Waals surface area contributed by atoms with Crippen molar-refractivity contribution in [3.63, 3.8) is 0 Å². The van der Waals surface area contributed by atoms with E-state index in [1.807, 2.05) is 19.1 Å². The first-order chi connectivity index (χ1) is 9.02. The van der Waals surface area contributed by atoms with Crippen LogP contribution in [0.15, 0.2) is 28.7 Å². The number of hydrogen-bond acceptors (Lipinski definition) is 2. The van der Waals surface area contributed by atoms with Gasteiger partial charge in [-0.25, -0.2) is 4.98 Å². The second kappa shape index (κ2) is 5.88. The monoisotopic (exact) mass is 321 g/mol. The van der Waals surface area contributed by atoms with E-state index < -0.39 is 0 Å². The van der Waals surface area contributed by atoms with Gasteiger partial charge < -0.3 is 10.7 Å². The van der Waals surface area contributed by atoms with E-state index in [1.54, 1.807) is 0 Å². The molecule has 1 aromatic carbocycles. The normalized spacial score (nSPS) is 14.4. The molecule has 0 saturated heterocycles. The van der Waals surface area contributed by atoms with Gasteiger partial charge in [0.15, 0.2) is 0 Å². The minimum absolute atomic E-state index is 0.0344. The molecule has 0 radical (unpaired) electrons. The maximum absolute atomic E-state index is 6.23. The zero-order valence-electron chi connectivity index (χ0n) is 11.6. The van der Waals surface area contributed by atoms with Gasteiger partial charge in [-0.2, -0.15) is 0 Å². The molecule has 0 bridgehead atoms. The van der Waals surface area contributed by atoms with Crippen LogP contribution in [0.4, 0.5) is 0 Å². The number of nitrogens with one attached hydrogen (secondary N) is 1. The minimum Gasteiger partial charge on any atom is -0.344 e. The lowest BCUT2D eigenvalue weighted by molar-refractivity contribution is 0.441. The fraction of sp³-hybridized carbons (Fsp3) is 0.400. The quantitative estimate of drug-likeness (QED) is 0.886. The molecule has 102 valence electrons. The Labute approximate surface area is 122 Å². The SMILES string of the molecule is CCC(C)C(N)c1nc(-c2ccc(Br)cc2)c(C)[nH]1. The number of aromatic nitrogens is 2. The number of hydrogen-bond donors (Lipinski definition) is 2. The van der Waals surface area contributed by atoms with Crippen molar-refractivity contribution in [1.29, 1.82) is 0 Å². The molecule has 0 saturated carbocycles. The zero-order valence-corrected chi connectivity index (χ0v) is 13.2. The number of aryl methyl sites for hydroxylation is 1. The van der Waals surface area contributed by atoms with Crippen LogP contribution in [0.3, 0.4) is 0 Å². The smallest absolute Gasteiger partial charge is 0.124 e. The molecule has 4 heteroatoms. The third-order valence-corrected chi connectivity index (χ3v) is 4.12. The summed E-state index contributed by atoms with van der Waals surface area (Å²) in [6.07, 6.45) is 1.05. The molecule has 19 heavy (non-hydrogen) atoms. The van der Waals surface area contributed by atoms with Crippen molar-refractivity contribution in [2.24, 2.45) is 11.7 Å². The Morgan fingerprint density at radius 3 is 2.53 bits per heavy atom. The molecular weight excluding hydrogens is 302 g/mol. The highest BCUT2D eigenvalue weighted by molar-refractivity contribution is 9.10. The van der Waals surface area contributed by atoms with Crippen LogP contribution in [-0.4, -0.2) is 9.97 Å². The Morgan fingerprint density at radius 1 is 1.32 bits per heavy atom. The van der Waals surface area contributed by atoms with E-state index >= 15 is 0 Å². The second-order valence-corrected chi connectivity index (χ2v) is 5.93. The fourth-order valence-corrected chi connectivity index (χ4v) is 2.32. The van der Waals surface area contributed by atoms with Gasteiger partial charge in [0, 0.05) is 15.7 Å². The van der Waals surface area contributed by atoms with Gasteiger partial charge in [-0.05, 0) is 25.0 Å². The maximum Gasteiger partial charge on any atom is 0.124 e. The van der Waals surface area contributed by atoms with E-state index in [1.165, 1.54) is 0 Å². The number of benzene rings is 1. The number of H-pyrrole nitrogens is 1. The predicted octanol–water partition coefficient (Wildman–Crippen LogP) is 4.19. The molecule has 0 spiro atoms. The van der Waals surface area contributed by atoms with Gasteiger partial charge in [0.1, 0.15) is 5.82 Å². The lowest BCUT2D eigenvalue weighted by atomic mass is 10.00. The van der Waals surface area contributed by atoms with Gasteiger partial charge in [0.05, 0.1) is 11.7 Å². The lowest BCUT2D eigenvalue weighted by Crippen LogP contribution is -2.19. The first kappa shape index (κ1) is 14.3. The number of nitrogens with zero attached hydrogens (tertiary/aromatic N) is 1. The van der Waals surface area contributed by atoms with Crippen molar-refractivity contribution >= 4 is 15.9 Å².